The van der Waals surface area contributed by atoms with Crippen molar-refractivity contribution in [1.82, 2.24) is 5.32 Å². The minimum Gasteiger partial charge on any atom is -0.468 e. The summed E-state index contributed by atoms with van der Waals surface area (Å²) >= 11 is 0. The predicted octanol–water partition coefficient (Wildman–Crippen LogP) is 3.35. The molecule has 1 atom stereocenters. The number of likely N-dealkylation sites (N-methyl/N-ethyl adjacent to an activating group) is 1. The number of rotatable bonds is 13. The van der Waals surface area contributed by atoms with Crippen LogP contribution in [0.1, 0.15) is 39.5 Å². The Morgan fingerprint density at radius 1 is 1.30 bits per heavy atom. The Kier molecular flexibility index (Phi) is 17.3. The molecule has 0 aromatic rings. The summed E-state index contributed by atoms with van der Waals surface area (Å²) in [6.07, 6.45) is 10.8. The summed E-state index contributed by atoms with van der Waals surface area (Å²) in [5.74, 6) is -0.218. The molecule has 0 aromatic carbocycles. The first kappa shape index (κ1) is 25.7. The lowest BCUT2D eigenvalue weighted by Crippen LogP contribution is -2.35. The molecule has 0 heterocycles. The monoisotopic (exact) mass is 403 g/mol. The second-order valence-corrected chi connectivity index (χ2v) is 7.19. The summed E-state index contributed by atoms with van der Waals surface area (Å²) in [7, 11) is 2.36. The molecule has 1 rings (SSSR count). The van der Waals surface area contributed by atoms with E-state index in [9.17, 15) is 9.59 Å². The number of allylic oxidation sites excluding steroid dienone is 2. The molecule has 0 bridgehead atoms. The van der Waals surface area contributed by atoms with Crippen LogP contribution in [0.5, 0.6) is 0 Å². The quantitative estimate of drug-likeness (QED) is 0.287. The molecule has 1 aliphatic carbocycles. The van der Waals surface area contributed by atoms with Crippen LogP contribution in [0, 0.1) is 0 Å². The van der Waals surface area contributed by atoms with E-state index in [0.717, 1.165) is 37.4 Å². The number of nitrogens with one attached hydrogen (secondary N) is 1. The highest BCUT2D eigenvalue weighted by Gasteiger charge is 2.17. The lowest BCUT2D eigenvalue weighted by molar-refractivity contribution is -0.143. The molecule has 7 nitrogen and oxygen atoms in total. The second-order valence-electron chi connectivity index (χ2n) is 5.56. The van der Waals surface area contributed by atoms with Crippen LogP contribution < -0.4 is 5.32 Å². The lowest BCUT2D eigenvalue weighted by atomic mass is 10.1. The summed E-state index contributed by atoms with van der Waals surface area (Å²) < 4.78 is 20.3. The Morgan fingerprint density at radius 3 is 2.48 bits per heavy atom. The van der Waals surface area contributed by atoms with Gasteiger partial charge >= 0.3 is 5.97 Å². The lowest BCUT2D eigenvalue weighted by Gasteiger charge is -2.17. The molecule has 156 valence electrons. The number of hydrogen-bond acceptors (Lipinski definition) is 7. The van der Waals surface area contributed by atoms with Gasteiger partial charge in [0.05, 0.1) is 20.3 Å². The minimum atomic E-state index is -0.800. The number of carbonyl (C=O) groups is 2. The second kappa shape index (κ2) is 18.1. The molecular formula is C19H34NO6P. The van der Waals surface area contributed by atoms with Crippen molar-refractivity contribution in [3.05, 3.63) is 23.8 Å². The van der Waals surface area contributed by atoms with E-state index >= 15 is 0 Å². The number of ether oxygens (including phenoxy) is 2. The molecule has 0 radical (unpaired) electrons. The average Bonchev–Trinajstić information content (AvgIpc) is 2.70. The standard InChI is InChI=1S/C11H24NO4P.C8H10O2/c1-5-15-17(16-6-2)9-7-8-10(12-3)11(13)14-4;9-7-10-6-8-4-2-1-3-5-8/h10,12H,5-9H2,1-4H3;2,4-5,7H,1,3,6H2. The van der Waals surface area contributed by atoms with E-state index in [4.69, 9.17) is 13.8 Å². The van der Waals surface area contributed by atoms with Gasteiger partial charge in [-0.05, 0) is 52.2 Å². The Balaban J connectivity index is 0.000000569. The van der Waals surface area contributed by atoms with Crippen molar-refractivity contribution >= 4 is 20.8 Å². The van der Waals surface area contributed by atoms with Crippen molar-refractivity contribution in [2.24, 2.45) is 0 Å². The highest BCUT2D eigenvalue weighted by atomic mass is 31.2. The third-order valence-corrected chi connectivity index (χ3v) is 5.38. The van der Waals surface area contributed by atoms with E-state index in [-0.39, 0.29) is 12.0 Å². The zero-order chi connectivity index (χ0) is 20.3. The van der Waals surface area contributed by atoms with Crippen LogP contribution in [0.2, 0.25) is 0 Å². The number of hydrogen-bond donors (Lipinski definition) is 1. The van der Waals surface area contributed by atoms with Gasteiger partial charge in [-0.2, -0.15) is 0 Å². The van der Waals surface area contributed by atoms with E-state index in [1.807, 2.05) is 19.9 Å². The smallest absolute Gasteiger partial charge is 0.322 e. The average molecular weight is 403 g/mol. The van der Waals surface area contributed by atoms with Crippen LogP contribution >= 0.6 is 8.38 Å². The maximum atomic E-state index is 11.3. The Bertz CT molecular complexity index is 449. The van der Waals surface area contributed by atoms with Crippen LogP contribution in [0.25, 0.3) is 0 Å². The fourth-order valence-electron chi connectivity index (χ4n) is 2.31. The van der Waals surface area contributed by atoms with Gasteiger partial charge < -0.3 is 23.8 Å². The SMILES string of the molecule is CCOP(CCCC(NC)C(=O)OC)OCC.O=COCC1=CCCC=C1. The van der Waals surface area contributed by atoms with Crippen molar-refractivity contribution in [1.29, 1.82) is 0 Å². The van der Waals surface area contributed by atoms with Gasteiger partial charge in [0, 0.05) is 6.16 Å². The molecule has 0 aromatic heterocycles. The minimum absolute atomic E-state index is 0.218. The highest BCUT2D eigenvalue weighted by molar-refractivity contribution is 7.47. The van der Waals surface area contributed by atoms with Crippen LogP contribution in [-0.2, 0) is 28.1 Å². The Hall–Kier alpha value is -1.27. The first-order valence-corrected chi connectivity index (χ1v) is 10.7. The van der Waals surface area contributed by atoms with Gasteiger partial charge in [-0.25, -0.2) is 0 Å². The summed E-state index contributed by atoms with van der Waals surface area (Å²) in [5, 5.41) is 2.94. The van der Waals surface area contributed by atoms with E-state index in [2.05, 4.69) is 22.2 Å². The molecule has 0 saturated carbocycles. The number of methoxy groups -OCH3 is 1. The Labute approximate surface area is 164 Å². The maximum Gasteiger partial charge on any atom is 0.322 e. The third kappa shape index (κ3) is 13.5. The van der Waals surface area contributed by atoms with Crippen molar-refractivity contribution < 1.29 is 28.1 Å². The normalized spacial score (nSPS) is 14.0. The molecule has 0 aliphatic heterocycles. The summed E-state index contributed by atoms with van der Waals surface area (Å²) in [6.45, 7) is 6.14. The molecule has 0 spiro atoms. The molecule has 0 amide bonds. The first-order chi connectivity index (χ1) is 13.1. The van der Waals surface area contributed by atoms with Crippen molar-refractivity contribution in [2.75, 3.05) is 40.1 Å². The van der Waals surface area contributed by atoms with Crippen molar-refractivity contribution in [2.45, 2.75) is 45.6 Å². The molecule has 1 unspecified atom stereocenters. The van der Waals surface area contributed by atoms with Gasteiger partial charge in [-0.1, -0.05) is 18.2 Å². The van der Waals surface area contributed by atoms with Crippen molar-refractivity contribution in [3.63, 3.8) is 0 Å². The van der Waals surface area contributed by atoms with Crippen LogP contribution in [-0.4, -0.2) is 58.6 Å². The van der Waals surface area contributed by atoms with Gasteiger partial charge in [-0.3, -0.25) is 9.59 Å². The van der Waals surface area contributed by atoms with Gasteiger partial charge in [0.15, 0.2) is 8.38 Å². The molecular weight excluding hydrogens is 369 g/mol. The molecule has 27 heavy (non-hydrogen) atoms. The van der Waals surface area contributed by atoms with Crippen LogP contribution in [0.3, 0.4) is 0 Å². The van der Waals surface area contributed by atoms with Crippen LogP contribution in [0.4, 0.5) is 0 Å². The van der Waals surface area contributed by atoms with E-state index in [0.29, 0.717) is 26.3 Å². The largest absolute Gasteiger partial charge is 0.468 e. The topological polar surface area (TPSA) is 83.1 Å². The van der Waals surface area contributed by atoms with E-state index in [1.165, 1.54) is 7.11 Å². The van der Waals surface area contributed by atoms with Crippen LogP contribution in [0.15, 0.2) is 23.8 Å². The molecule has 1 N–H and O–H groups in total. The molecule has 0 fully saturated rings. The Morgan fingerprint density at radius 2 is 2.00 bits per heavy atom. The van der Waals surface area contributed by atoms with Gasteiger partial charge in [-0.15, -0.1) is 0 Å². The molecule has 0 saturated heterocycles. The van der Waals surface area contributed by atoms with E-state index in [1.54, 1.807) is 7.05 Å². The third-order valence-electron chi connectivity index (χ3n) is 3.60. The predicted molar refractivity (Wildman–Crippen MR) is 108 cm³/mol. The summed E-state index contributed by atoms with van der Waals surface area (Å²) in [4.78, 5) is 21.1. The van der Waals surface area contributed by atoms with E-state index < -0.39 is 8.38 Å². The molecule has 1 aliphatic rings. The maximum absolute atomic E-state index is 11.3. The van der Waals surface area contributed by atoms with Crippen molar-refractivity contribution in [3.8, 4) is 0 Å². The zero-order valence-corrected chi connectivity index (χ0v) is 17.8. The highest BCUT2D eigenvalue weighted by Crippen LogP contribution is 2.38. The zero-order valence-electron chi connectivity index (χ0n) is 16.9. The molecule has 8 heteroatoms. The summed E-state index contributed by atoms with van der Waals surface area (Å²) in [5.41, 5.74) is 1.10. The summed E-state index contributed by atoms with van der Waals surface area (Å²) in [6, 6.07) is -0.236. The van der Waals surface area contributed by atoms with Gasteiger partial charge in [0.2, 0.25) is 0 Å². The fourth-order valence-corrected chi connectivity index (χ4v) is 3.66. The number of carbonyl (C=O) groups excluding carboxylic acids is 2. The van der Waals surface area contributed by atoms with Gasteiger partial charge in [0.1, 0.15) is 12.6 Å². The fraction of sp³-hybridized carbons (Fsp3) is 0.684. The number of esters is 1. The van der Waals surface area contributed by atoms with Gasteiger partial charge in [0.25, 0.3) is 6.47 Å². The first-order valence-electron chi connectivity index (χ1n) is 9.32.